The van der Waals surface area contributed by atoms with Gasteiger partial charge in [-0.15, -0.1) is 0 Å². The Labute approximate surface area is 115 Å². The third-order valence-corrected chi connectivity index (χ3v) is 2.89. The number of nitrogen functional groups attached to an aromatic ring is 1. The largest absolute Gasteiger partial charge is 0.437 e. The number of halogens is 4. The van der Waals surface area contributed by atoms with Crippen molar-refractivity contribution in [2.24, 2.45) is 0 Å². The third kappa shape index (κ3) is 3.17. The fourth-order valence-electron chi connectivity index (χ4n) is 1.39. The number of ether oxygens (including phenoxy) is 1. The molecule has 1 aromatic heterocycles. The lowest BCUT2D eigenvalue weighted by Crippen LogP contribution is -2.08. The predicted molar refractivity (Wildman–Crippen MR) is 67.9 cm³/mol. The van der Waals surface area contributed by atoms with Crippen LogP contribution in [0.4, 0.5) is 18.9 Å². The summed E-state index contributed by atoms with van der Waals surface area (Å²) in [5.41, 5.74) is 5.00. The number of nitrogens with two attached hydrogens (primary N) is 1. The molecule has 0 spiro atoms. The molecule has 0 radical (unpaired) electrons. The molecule has 0 aliphatic rings. The number of benzene rings is 1. The monoisotopic (exact) mass is 332 g/mol. The van der Waals surface area contributed by atoms with Gasteiger partial charge in [0.05, 0.1) is 4.47 Å². The van der Waals surface area contributed by atoms with Crippen molar-refractivity contribution < 1.29 is 17.9 Å². The number of pyridine rings is 1. The smallest absolute Gasteiger partial charge is 0.421 e. The van der Waals surface area contributed by atoms with Gasteiger partial charge in [-0.3, -0.25) is 0 Å². The molecule has 0 fully saturated rings. The van der Waals surface area contributed by atoms with E-state index in [0.29, 0.717) is 10.2 Å². The molecule has 0 saturated carbocycles. The Hall–Kier alpha value is -1.76. The maximum absolute atomic E-state index is 12.8. The van der Waals surface area contributed by atoms with Crippen LogP contribution in [0.2, 0.25) is 0 Å². The zero-order chi connectivity index (χ0) is 14.0. The second-order valence-corrected chi connectivity index (χ2v) is 4.50. The summed E-state index contributed by atoms with van der Waals surface area (Å²) in [6.07, 6.45) is -3.30. The van der Waals surface area contributed by atoms with Crippen LogP contribution in [0.25, 0.3) is 0 Å². The van der Waals surface area contributed by atoms with Gasteiger partial charge in [0.15, 0.2) is 0 Å². The van der Waals surface area contributed by atoms with E-state index in [9.17, 15) is 13.2 Å². The van der Waals surface area contributed by atoms with Gasteiger partial charge in [-0.2, -0.15) is 13.2 Å². The highest BCUT2D eigenvalue weighted by Crippen LogP contribution is 2.38. The number of aromatic nitrogens is 1. The highest BCUT2D eigenvalue weighted by atomic mass is 79.9. The van der Waals surface area contributed by atoms with Crippen molar-refractivity contribution in [3.05, 3.63) is 46.6 Å². The number of hydrogen-bond donors (Lipinski definition) is 1. The fourth-order valence-corrected chi connectivity index (χ4v) is 1.72. The Morgan fingerprint density at radius 1 is 1.21 bits per heavy atom. The second-order valence-electron chi connectivity index (χ2n) is 3.65. The van der Waals surface area contributed by atoms with Gasteiger partial charge in [0.1, 0.15) is 11.3 Å². The highest BCUT2D eigenvalue weighted by molar-refractivity contribution is 9.10. The van der Waals surface area contributed by atoms with E-state index in [4.69, 9.17) is 10.5 Å². The number of nitrogens with zero attached hydrogens (tertiary/aromatic N) is 1. The molecular weight excluding hydrogens is 325 g/mol. The molecule has 0 saturated heterocycles. The minimum absolute atomic E-state index is 0.171. The molecule has 2 aromatic rings. The molecular formula is C12H8BrF3N2O. The molecule has 19 heavy (non-hydrogen) atoms. The van der Waals surface area contributed by atoms with Crippen LogP contribution in [0, 0.1) is 0 Å². The van der Waals surface area contributed by atoms with E-state index in [2.05, 4.69) is 20.9 Å². The van der Waals surface area contributed by atoms with Crippen molar-refractivity contribution in [3.63, 3.8) is 0 Å². The maximum atomic E-state index is 12.8. The number of alkyl halides is 3. The second kappa shape index (κ2) is 5.08. The predicted octanol–water partition coefficient (Wildman–Crippen LogP) is 4.24. The summed E-state index contributed by atoms with van der Waals surface area (Å²) in [4.78, 5) is 3.61. The first-order valence-corrected chi connectivity index (χ1v) is 5.92. The van der Waals surface area contributed by atoms with Gasteiger partial charge < -0.3 is 10.5 Å². The van der Waals surface area contributed by atoms with E-state index < -0.39 is 17.6 Å². The lowest BCUT2D eigenvalue weighted by Gasteiger charge is -2.13. The van der Waals surface area contributed by atoms with Crippen molar-refractivity contribution in [2.45, 2.75) is 6.18 Å². The quantitative estimate of drug-likeness (QED) is 0.837. The first-order chi connectivity index (χ1) is 8.88. The van der Waals surface area contributed by atoms with E-state index in [1.165, 1.54) is 18.3 Å². The summed E-state index contributed by atoms with van der Waals surface area (Å²) in [7, 11) is 0. The Kier molecular flexibility index (Phi) is 3.66. The van der Waals surface area contributed by atoms with Crippen LogP contribution in [0.5, 0.6) is 11.6 Å². The van der Waals surface area contributed by atoms with Gasteiger partial charge in [-0.1, -0.05) is 0 Å². The molecule has 1 heterocycles. The summed E-state index contributed by atoms with van der Waals surface area (Å²) in [5, 5.41) is 0. The van der Waals surface area contributed by atoms with E-state index in [-0.39, 0.29) is 5.75 Å². The topological polar surface area (TPSA) is 48.1 Å². The van der Waals surface area contributed by atoms with Crippen molar-refractivity contribution in [1.29, 1.82) is 0 Å². The van der Waals surface area contributed by atoms with Crippen molar-refractivity contribution in [2.75, 3.05) is 5.73 Å². The van der Waals surface area contributed by atoms with E-state index in [0.717, 1.165) is 6.07 Å². The molecule has 7 heteroatoms. The van der Waals surface area contributed by atoms with Gasteiger partial charge in [-0.25, -0.2) is 4.98 Å². The lowest BCUT2D eigenvalue weighted by molar-refractivity contribution is -0.138. The van der Waals surface area contributed by atoms with Crippen LogP contribution in [0.15, 0.2) is 41.0 Å². The average molecular weight is 333 g/mol. The number of hydrogen-bond acceptors (Lipinski definition) is 3. The first kappa shape index (κ1) is 13.7. The Morgan fingerprint density at radius 3 is 2.63 bits per heavy atom. The van der Waals surface area contributed by atoms with E-state index >= 15 is 0 Å². The molecule has 3 nitrogen and oxygen atoms in total. The molecule has 2 rings (SSSR count). The average Bonchev–Trinajstić information content (AvgIpc) is 2.33. The summed E-state index contributed by atoms with van der Waals surface area (Å²) in [5.74, 6) is -0.342. The molecule has 0 atom stereocenters. The normalized spacial score (nSPS) is 11.4. The Bertz CT molecular complexity index is 602. The summed E-state index contributed by atoms with van der Waals surface area (Å²) < 4.78 is 44.0. The fraction of sp³-hybridized carbons (Fsp3) is 0.0833. The van der Waals surface area contributed by atoms with Gasteiger partial charge in [0, 0.05) is 18.0 Å². The number of rotatable bonds is 2. The van der Waals surface area contributed by atoms with Crippen LogP contribution < -0.4 is 10.5 Å². The minimum atomic E-state index is -4.53. The molecule has 2 N–H and O–H groups in total. The van der Waals surface area contributed by atoms with Crippen LogP contribution in [0.1, 0.15) is 5.56 Å². The van der Waals surface area contributed by atoms with Crippen LogP contribution in [-0.4, -0.2) is 4.98 Å². The molecule has 0 aliphatic heterocycles. The summed E-state index contributed by atoms with van der Waals surface area (Å²) >= 11 is 3.17. The Balaban J connectivity index is 2.41. The maximum Gasteiger partial charge on any atom is 0.421 e. The minimum Gasteiger partial charge on any atom is -0.437 e. The standard InChI is InChI=1S/C12H8BrF3N2O/c13-9-4-3-7(17)6-10(9)19-11-8(12(14,15)16)2-1-5-18-11/h1-6H,17H2. The van der Waals surface area contributed by atoms with Gasteiger partial charge in [0.25, 0.3) is 0 Å². The summed E-state index contributed by atoms with van der Waals surface area (Å²) in [6.45, 7) is 0. The Morgan fingerprint density at radius 2 is 1.95 bits per heavy atom. The molecule has 0 bridgehead atoms. The van der Waals surface area contributed by atoms with Gasteiger partial charge in [-0.05, 0) is 40.2 Å². The molecule has 1 aromatic carbocycles. The van der Waals surface area contributed by atoms with Crippen LogP contribution in [0.3, 0.4) is 0 Å². The van der Waals surface area contributed by atoms with Gasteiger partial charge in [0.2, 0.25) is 5.88 Å². The molecule has 0 amide bonds. The van der Waals surface area contributed by atoms with Crippen LogP contribution >= 0.6 is 15.9 Å². The molecule has 0 unspecified atom stereocenters. The number of anilines is 1. The zero-order valence-electron chi connectivity index (χ0n) is 9.41. The lowest BCUT2D eigenvalue weighted by atomic mass is 10.2. The van der Waals surface area contributed by atoms with Gasteiger partial charge >= 0.3 is 6.18 Å². The summed E-state index contributed by atoms with van der Waals surface area (Å²) in [6, 6.07) is 6.70. The van der Waals surface area contributed by atoms with Crippen LogP contribution in [-0.2, 0) is 6.18 Å². The van der Waals surface area contributed by atoms with E-state index in [1.54, 1.807) is 12.1 Å². The highest BCUT2D eigenvalue weighted by Gasteiger charge is 2.35. The first-order valence-electron chi connectivity index (χ1n) is 5.13. The SMILES string of the molecule is Nc1ccc(Br)c(Oc2ncccc2C(F)(F)F)c1. The molecule has 100 valence electrons. The molecule has 0 aliphatic carbocycles. The van der Waals surface area contributed by atoms with Crippen molar-refractivity contribution >= 4 is 21.6 Å². The van der Waals surface area contributed by atoms with Crippen molar-refractivity contribution in [3.8, 4) is 11.6 Å². The van der Waals surface area contributed by atoms with E-state index in [1.807, 2.05) is 0 Å². The zero-order valence-corrected chi connectivity index (χ0v) is 11.0. The third-order valence-electron chi connectivity index (χ3n) is 2.24. The van der Waals surface area contributed by atoms with Crippen molar-refractivity contribution in [1.82, 2.24) is 4.98 Å².